The van der Waals surface area contributed by atoms with Gasteiger partial charge in [0.1, 0.15) is 11.3 Å². The number of hydrogen-bond donors (Lipinski definition) is 1. The van der Waals surface area contributed by atoms with Gasteiger partial charge in [0.05, 0.1) is 11.0 Å². The van der Waals surface area contributed by atoms with Gasteiger partial charge in [-0.15, -0.1) is 0 Å². The van der Waals surface area contributed by atoms with Crippen LogP contribution < -0.4 is 5.32 Å². The number of rotatable bonds is 5. The Balaban J connectivity index is 2.43. The topological polar surface area (TPSA) is 25.2 Å². The lowest BCUT2D eigenvalue weighted by atomic mass is 9.99. The summed E-state index contributed by atoms with van der Waals surface area (Å²) in [7, 11) is 0. The second kappa shape index (κ2) is 6.63. The molecule has 0 aliphatic rings. The molecule has 0 radical (unpaired) electrons. The quantitative estimate of drug-likeness (QED) is 0.680. The Kier molecular flexibility index (Phi) is 5.32. The third-order valence-corrected chi connectivity index (χ3v) is 4.29. The molecule has 2 aromatic rings. The van der Waals surface area contributed by atoms with Crippen LogP contribution in [0.2, 0.25) is 0 Å². The van der Waals surface area contributed by atoms with Crippen molar-refractivity contribution in [1.29, 1.82) is 0 Å². The van der Waals surface area contributed by atoms with Gasteiger partial charge in [-0.2, -0.15) is 0 Å². The molecule has 0 aliphatic carbocycles. The highest BCUT2D eigenvalue weighted by molar-refractivity contribution is 9.11. The fourth-order valence-electron chi connectivity index (χ4n) is 2.43. The summed E-state index contributed by atoms with van der Waals surface area (Å²) in [6.07, 6.45) is 0. The van der Waals surface area contributed by atoms with E-state index in [9.17, 15) is 0 Å². The van der Waals surface area contributed by atoms with E-state index in [-0.39, 0.29) is 0 Å². The zero-order chi connectivity index (χ0) is 14.9. The van der Waals surface area contributed by atoms with E-state index in [0.29, 0.717) is 11.8 Å². The molecule has 0 amide bonds. The van der Waals surface area contributed by atoms with E-state index in [4.69, 9.17) is 4.42 Å². The number of hydrogen-bond acceptors (Lipinski definition) is 2. The van der Waals surface area contributed by atoms with Crippen LogP contribution in [0.1, 0.15) is 44.9 Å². The monoisotopic (exact) mass is 401 g/mol. The molecule has 1 heterocycles. The Morgan fingerprint density at radius 1 is 1.15 bits per heavy atom. The summed E-state index contributed by atoms with van der Waals surface area (Å²) < 4.78 is 8.17. The third kappa shape index (κ3) is 3.46. The second-order valence-corrected chi connectivity index (χ2v) is 7.65. The van der Waals surface area contributed by atoms with Gasteiger partial charge in [0.2, 0.25) is 0 Å². The van der Waals surface area contributed by atoms with Crippen molar-refractivity contribution < 1.29 is 4.42 Å². The van der Waals surface area contributed by atoms with Crippen LogP contribution in [0.15, 0.2) is 25.5 Å². The van der Waals surface area contributed by atoms with Crippen molar-refractivity contribution in [3.63, 3.8) is 0 Å². The molecule has 0 atom stereocenters. The van der Waals surface area contributed by atoms with Gasteiger partial charge in [0.25, 0.3) is 0 Å². The number of furan rings is 1. The molecule has 1 N–H and O–H groups in total. The van der Waals surface area contributed by atoms with E-state index in [1.54, 1.807) is 0 Å². The summed E-state index contributed by atoms with van der Waals surface area (Å²) in [4.78, 5) is 0. The Labute approximate surface area is 137 Å². The summed E-state index contributed by atoms with van der Waals surface area (Å²) >= 11 is 7.15. The zero-order valence-electron chi connectivity index (χ0n) is 12.4. The van der Waals surface area contributed by atoms with Gasteiger partial charge in [0.15, 0.2) is 0 Å². The third-order valence-electron chi connectivity index (χ3n) is 3.24. The SMILES string of the molecule is CC(C)CNCc1oc2c(Br)cc(Br)cc2c1C(C)C. The van der Waals surface area contributed by atoms with Crippen molar-refractivity contribution in [2.24, 2.45) is 5.92 Å². The van der Waals surface area contributed by atoms with Gasteiger partial charge in [0, 0.05) is 15.4 Å². The summed E-state index contributed by atoms with van der Waals surface area (Å²) in [6.45, 7) is 10.6. The molecular formula is C16H21Br2NO. The number of benzene rings is 1. The van der Waals surface area contributed by atoms with Crippen LogP contribution in [0.5, 0.6) is 0 Å². The maximum absolute atomic E-state index is 6.10. The normalized spacial score (nSPS) is 12.0. The highest BCUT2D eigenvalue weighted by Gasteiger charge is 2.19. The Morgan fingerprint density at radius 2 is 1.85 bits per heavy atom. The van der Waals surface area contributed by atoms with Gasteiger partial charge in [-0.05, 0) is 46.4 Å². The van der Waals surface area contributed by atoms with Gasteiger partial charge in [-0.1, -0.05) is 43.6 Å². The molecule has 2 nitrogen and oxygen atoms in total. The minimum Gasteiger partial charge on any atom is -0.458 e. The maximum Gasteiger partial charge on any atom is 0.148 e. The lowest BCUT2D eigenvalue weighted by Gasteiger charge is -2.09. The van der Waals surface area contributed by atoms with Crippen molar-refractivity contribution in [3.05, 3.63) is 32.4 Å². The van der Waals surface area contributed by atoms with Gasteiger partial charge in [-0.3, -0.25) is 0 Å². The average Bonchev–Trinajstić information content (AvgIpc) is 2.67. The van der Waals surface area contributed by atoms with Crippen LogP contribution in [0.25, 0.3) is 11.0 Å². The first-order valence-electron chi connectivity index (χ1n) is 7.01. The predicted molar refractivity (Wildman–Crippen MR) is 92.2 cm³/mol. The Hall–Kier alpha value is -0.320. The van der Waals surface area contributed by atoms with Crippen molar-refractivity contribution in [3.8, 4) is 0 Å². The van der Waals surface area contributed by atoms with E-state index >= 15 is 0 Å². The first-order valence-corrected chi connectivity index (χ1v) is 8.59. The first kappa shape index (κ1) is 16.1. The highest BCUT2D eigenvalue weighted by atomic mass is 79.9. The largest absolute Gasteiger partial charge is 0.458 e. The summed E-state index contributed by atoms with van der Waals surface area (Å²) in [5, 5.41) is 4.67. The summed E-state index contributed by atoms with van der Waals surface area (Å²) in [6, 6.07) is 4.17. The lowest BCUT2D eigenvalue weighted by molar-refractivity contribution is 0.478. The molecule has 0 aliphatic heterocycles. The maximum atomic E-state index is 6.10. The van der Waals surface area contributed by atoms with Crippen LogP contribution in [-0.4, -0.2) is 6.54 Å². The summed E-state index contributed by atoms with van der Waals surface area (Å²) in [5.74, 6) is 2.13. The standard InChI is InChI=1S/C16H21Br2NO/c1-9(2)7-19-8-14-15(10(3)4)12-5-11(17)6-13(18)16(12)20-14/h5-6,9-10,19H,7-8H2,1-4H3. The minimum absolute atomic E-state index is 0.438. The van der Waals surface area contributed by atoms with Crippen molar-refractivity contribution in [1.82, 2.24) is 5.32 Å². The van der Waals surface area contributed by atoms with E-state index in [2.05, 4.69) is 70.9 Å². The number of halogens is 2. The number of fused-ring (bicyclic) bond motifs is 1. The van der Waals surface area contributed by atoms with Crippen LogP contribution in [0, 0.1) is 5.92 Å². The first-order chi connectivity index (χ1) is 9.40. The van der Waals surface area contributed by atoms with E-state index < -0.39 is 0 Å². The molecule has 0 saturated carbocycles. The molecule has 0 saturated heterocycles. The van der Waals surface area contributed by atoms with E-state index in [0.717, 1.165) is 33.4 Å². The van der Waals surface area contributed by atoms with Gasteiger partial charge < -0.3 is 9.73 Å². The van der Waals surface area contributed by atoms with Crippen molar-refractivity contribution in [2.75, 3.05) is 6.54 Å². The fourth-order valence-corrected chi connectivity index (χ4v) is 3.74. The van der Waals surface area contributed by atoms with E-state index in [1.165, 1.54) is 10.9 Å². The van der Waals surface area contributed by atoms with Crippen LogP contribution in [0.4, 0.5) is 0 Å². The molecule has 20 heavy (non-hydrogen) atoms. The van der Waals surface area contributed by atoms with Crippen molar-refractivity contribution >= 4 is 42.8 Å². The van der Waals surface area contributed by atoms with Crippen LogP contribution in [0.3, 0.4) is 0 Å². The summed E-state index contributed by atoms with van der Waals surface area (Å²) in [5.41, 5.74) is 2.25. The molecule has 1 aromatic carbocycles. The molecule has 2 rings (SSSR count). The minimum atomic E-state index is 0.438. The highest BCUT2D eigenvalue weighted by Crippen LogP contribution is 2.37. The molecule has 110 valence electrons. The van der Waals surface area contributed by atoms with E-state index in [1.807, 2.05) is 6.07 Å². The van der Waals surface area contributed by atoms with Crippen LogP contribution >= 0.6 is 31.9 Å². The predicted octanol–water partition coefficient (Wildman–Crippen LogP) is 5.83. The Bertz CT molecular complexity index is 602. The lowest BCUT2D eigenvalue weighted by Crippen LogP contribution is -2.19. The molecule has 0 bridgehead atoms. The molecule has 0 fully saturated rings. The molecular weight excluding hydrogens is 382 g/mol. The molecule has 4 heteroatoms. The van der Waals surface area contributed by atoms with Crippen molar-refractivity contribution in [2.45, 2.75) is 40.2 Å². The van der Waals surface area contributed by atoms with Gasteiger partial charge >= 0.3 is 0 Å². The fraction of sp³-hybridized carbons (Fsp3) is 0.500. The molecule has 0 unspecified atom stereocenters. The average molecular weight is 403 g/mol. The smallest absolute Gasteiger partial charge is 0.148 e. The number of nitrogens with one attached hydrogen (secondary N) is 1. The molecule has 0 spiro atoms. The second-order valence-electron chi connectivity index (χ2n) is 5.88. The zero-order valence-corrected chi connectivity index (χ0v) is 15.6. The van der Waals surface area contributed by atoms with Crippen LogP contribution in [-0.2, 0) is 6.54 Å². The van der Waals surface area contributed by atoms with Gasteiger partial charge in [-0.25, -0.2) is 0 Å². The Morgan fingerprint density at radius 3 is 2.45 bits per heavy atom. The molecule has 1 aromatic heterocycles.